The third-order valence-corrected chi connectivity index (χ3v) is 6.56. The van der Waals surface area contributed by atoms with E-state index in [9.17, 15) is 13.6 Å². The first-order valence-corrected chi connectivity index (χ1v) is 10.7. The summed E-state index contributed by atoms with van der Waals surface area (Å²) < 4.78 is 34.5. The SMILES string of the molecule is C#Cc1ccc2c(c1)OC1(CCN(c3cc(=O)n(-c4ccc(F)c(F)c4)c(C)n3)CC1)[C@@H]2N. The van der Waals surface area contributed by atoms with E-state index >= 15 is 0 Å². The van der Waals surface area contributed by atoms with Crippen molar-refractivity contribution in [3.05, 3.63) is 81.4 Å². The summed E-state index contributed by atoms with van der Waals surface area (Å²) in [6, 6.07) is 10.1. The predicted molar refractivity (Wildman–Crippen MR) is 121 cm³/mol. The molecule has 3 aromatic rings. The highest BCUT2D eigenvalue weighted by molar-refractivity contribution is 5.50. The van der Waals surface area contributed by atoms with E-state index in [4.69, 9.17) is 16.9 Å². The van der Waals surface area contributed by atoms with Crippen LogP contribution >= 0.6 is 0 Å². The number of hydrogen-bond acceptors (Lipinski definition) is 5. The number of hydrogen-bond donors (Lipinski definition) is 1. The van der Waals surface area contributed by atoms with E-state index in [1.165, 1.54) is 16.7 Å². The van der Waals surface area contributed by atoms with Crippen molar-refractivity contribution in [2.24, 2.45) is 5.73 Å². The molecule has 0 aliphatic carbocycles. The molecule has 0 bridgehead atoms. The number of aromatic nitrogens is 2. The van der Waals surface area contributed by atoms with Crippen LogP contribution in [0.1, 0.15) is 35.8 Å². The number of piperidine rings is 1. The summed E-state index contributed by atoms with van der Waals surface area (Å²) in [5.74, 6) is 2.27. The Morgan fingerprint density at radius 3 is 2.58 bits per heavy atom. The molecule has 2 aliphatic heterocycles. The fourth-order valence-electron chi connectivity index (χ4n) is 4.75. The number of benzene rings is 2. The van der Waals surface area contributed by atoms with E-state index in [-0.39, 0.29) is 17.3 Å². The highest BCUT2D eigenvalue weighted by Gasteiger charge is 2.48. The molecule has 0 unspecified atom stereocenters. The quantitative estimate of drug-likeness (QED) is 0.610. The van der Waals surface area contributed by atoms with Crippen molar-refractivity contribution >= 4 is 5.82 Å². The molecule has 168 valence electrons. The van der Waals surface area contributed by atoms with Gasteiger partial charge >= 0.3 is 0 Å². The second-order valence-corrected chi connectivity index (χ2v) is 8.46. The number of nitrogens with two attached hydrogens (primary N) is 1. The van der Waals surface area contributed by atoms with Crippen LogP contribution in [0.3, 0.4) is 0 Å². The van der Waals surface area contributed by atoms with Crippen molar-refractivity contribution in [2.45, 2.75) is 31.4 Å². The zero-order chi connectivity index (χ0) is 23.3. The molecule has 8 heteroatoms. The van der Waals surface area contributed by atoms with Crippen LogP contribution in [0.15, 0.2) is 47.3 Å². The van der Waals surface area contributed by atoms with E-state index in [1.807, 2.05) is 23.1 Å². The highest BCUT2D eigenvalue weighted by atomic mass is 19.2. The summed E-state index contributed by atoms with van der Waals surface area (Å²) in [6.45, 7) is 2.86. The van der Waals surface area contributed by atoms with Crippen LogP contribution in [0.25, 0.3) is 5.69 Å². The molecule has 33 heavy (non-hydrogen) atoms. The lowest BCUT2D eigenvalue weighted by Crippen LogP contribution is -2.51. The Labute approximate surface area is 189 Å². The van der Waals surface area contributed by atoms with Crippen molar-refractivity contribution in [3.63, 3.8) is 0 Å². The highest BCUT2D eigenvalue weighted by Crippen LogP contribution is 2.47. The standard InChI is InChI=1S/C25H22F2N4O2/c1-3-16-4-6-18-21(12-16)33-25(24(18)28)8-10-30(11-9-25)22-14-23(32)31(15(2)29-22)17-5-7-19(26)20(27)13-17/h1,4-7,12-14,24H,8-11,28H2,2H3/t24-/m1/s1. The first-order chi connectivity index (χ1) is 15.8. The second-order valence-electron chi connectivity index (χ2n) is 8.46. The predicted octanol–water partition coefficient (Wildman–Crippen LogP) is 3.23. The fourth-order valence-corrected chi connectivity index (χ4v) is 4.75. The smallest absolute Gasteiger partial charge is 0.260 e. The third-order valence-electron chi connectivity index (χ3n) is 6.56. The molecule has 3 heterocycles. The lowest BCUT2D eigenvalue weighted by molar-refractivity contribution is 0.0431. The Bertz CT molecular complexity index is 1350. The molecular weight excluding hydrogens is 426 g/mol. The fraction of sp³-hybridized carbons (Fsp3) is 0.280. The zero-order valence-corrected chi connectivity index (χ0v) is 18.0. The lowest BCUT2D eigenvalue weighted by atomic mass is 9.83. The molecule has 2 N–H and O–H groups in total. The third kappa shape index (κ3) is 3.45. The number of ether oxygens (including phenoxy) is 1. The van der Waals surface area contributed by atoms with Gasteiger partial charge in [-0.25, -0.2) is 13.8 Å². The van der Waals surface area contributed by atoms with Gasteiger partial charge in [0.25, 0.3) is 5.56 Å². The number of rotatable bonds is 2. The number of halogens is 2. The van der Waals surface area contributed by atoms with Gasteiger partial charge in [-0.1, -0.05) is 12.0 Å². The number of nitrogens with zero attached hydrogens (tertiary/aromatic N) is 3. The Hall–Kier alpha value is -3.70. The monoisotopic (exact) mass is 448 g/mol. The summed E-state index contributed by atoms with van der Waals surface area (Å²) in [4.78, 5) is 19.4. The van der Waals surface area contributed by atoms with Gasteiger partial charge in [0.1, 0.15) is 23.0 Å². The van der Waals surface area contributed by atoms with Crippen LogP contribution in [-0.2, 0) is 0 Å². The molecule has 1 fully saturated rings. The normalized spacial score (nSPS) is 18.6. The summed E-state index contributed by atoms with van der Waals surface area (Å²) in [5.41, 5.74) is 7.59. The number of anilines is 1. The average Bonchev–Trinajstić information content (AvgIpc) is 3.06. The van der Waals surface area contributed by atoms with Crippen molar-refractivity contribution in [1.29, 1.82) is 0 Å². The Morgan fingerprint density at radius 1 is 1.15 bits per heavy atom. The summed E-state index contributed by atoms with van der Waals surface area (Å²) >= 11 is 0. The molecule has 6 nitrogen and oxygen atoms in total. The van der Waals surface area contributed by atoms with Gasteiger partial charge < -0.3 is 15.4 Å². The maximum Gasteiger partial charge on any atom is 0.260 e. The first kappa shape index (κ1) is 21.2. The van der Waals surface area contributed by atoms with Gasteiger partial charge in [0, 0.05) is 49.2 Å². The van der Waals surface area contributed by atoms with Gasteiger partial charge in [0.2, 0.25) is 0 Å². The minimum Gasteiger partial charge on any atom is -0.485 e. The second kappa shape index (κ2) is 7.71. The van der Waals surface area contributed by atoms with Gasteiger partial charge in [0.05, 0.1) is 11.7 Å². The number of terminal acetylenes is 1. The molecule has 1 aromatic heterocycles. The molecule has 2 aromatic carbocycles. The molecule has 0 amide bonds. The average molecular weight is 448 g/mol. The zero-order valence-electron chi connectivity index (χ0n) is 18.0. The van der Waals surface area contributed by atoms with Crippen molar-refractivity contribution in [1.82, 2.24) is 9.55 Å². The van der Waals surface area contributed by atoms with E-state index in [1.54, 1.807) is 6.92 Å². The van der Waals surface area contributed by atoms with E-state index < -0.39 is 17.2 Å². The van der Waals surface area contributed by atoms with E-state index in [0.717, 1.165) is 29.0 Å². The van der Waals surface area contributed by atoms with Crippen molar-refractivity contribution < 1.29 is 13.5 Å². The minimum atomic E-state index is -1.02. The molecule has 2 aliphatic rings. The molecule has 5 rings (SSSR count). The van der Waals surface area contributed by atoms with Gasteiger partial charge in [-0.05, 0) is 31.2 Å². The maximum absolute atomic E-state index is 13.7. The molecule has 1 spiro atoms. The Balaban J connectivity index is 1.37. The number of aryl methyl sites for hydroxylation is 1. The summed E-state index contributed by atoms with van der Waals surface area (Å²) in [6.07, 6.45) is 6.81. The molecule has 1 saturated heterocycles. The van der Waals surface area contributed by atoms with Crippen LogP contribution in [0, 0.1) is 30.9 Å². The molecule has 0 radical (unpaired) electrons. The molecule has 1 atom stereocenters. The minimum absolute atomic E-state index is 0.225. The van der Waals surface area contributed by atoms with Crippen LogP contribution in [0.2, 0.25) is 0 Å². The van der Waals surface area contributed by atoms with Gasteiger partial charge in [-0.15, -0.1) is 6.42 Å². The van der Waals surface area contributed by atoms with Crippen LogP contribution < -0.4 is 20.9 Å². The van der Waals surface area contributed by atoms with E-state index in [0.29, 0.717) is 37.6 Å². The molecular formula is C25H22F2N4O2. The van der Waals surface area contributed by atoms with Crippen LogP contribution in [0.4, 0.5) is 14.6 Å². The maximum atomic E-state index is 13.7. The topological polar surface area (TPSA) is 73.4 Å². The van der Waals surface area contributed by atoms with Gasteiger partial charge in [-0.3, -0.25) is 9.36 Å². The molecule has 0 saturated carbocycles. The largest absolute Gasteiger partial charge is 0.485 e. The lowest BCUT2D eigenvalue weighted by Gasteiger charge is -2.41. The number of fused-ring (bicyclic) bond motifs is 1. The van der Waals surface area contributed by atoms with Crippen LogP contribution in [-0.4, -0.2) is 28.2 Å². The van der Waals surface area contributed by atoms with E-state index in [2.05, 4.69) is 10.9 Å². The van der Waals surface area contributed by atoms with Crippen LogP contribution in [0.5, 0.6) is 5.75 Å². The summed E-state index contributed by atoms with van der Waals surface area (Å²) in [5, 5.41) is 0. The first-order valence-electron chi connectivity index (χ1n) is 10.7. The van der Waals surface area contributed by atoms with Crippen molar-refractivity contribution in [3.8, 4) is 23.8 Å². The van der Waals surface area contributed by atoms with Gasteiger partial charge in [-0.2, -0.15) is 0 Å². The van der Waals surface area contributed by atoms with Gasteiger partial charge in [0.15, 0.2) is 11.6 Å². The summed E-state index contributed by atoms with van der Waals surface area (Å²) in [7, 11) is 0. The van der Waals surface area contributed by atoms with Crippen molar-refractivity contribution in [2.75, 3.05) is 18.0 Å². The Morgan fingerprint density at radius 2 is 1.91 bits per heavy atom. The Kier molecular flexibility index (Phi) is 4.94.